The fourth-order valence-electron chi connectivity index (χ4n) is 1.29. The Balaban J connectivity index is 3.93. The maximum absolute atomic E-state index is 10.9. The fraction of sp³-hybridized carbons (Fsp3) is 0.143. The molecule has 1 rings (SSSR count). The van der Waals surface area contributed by atoms with Gasteiger partial charge >= 0.3 is 0 Å². The van der Waals surface area contributed by atoms with Crippen molar-refractivity contribution in [3.05, 3.63) is 11.6 Å². The molecular formula is C7H8O8S2. The van der Waals surface area contributed by atoms with Crippen molar-refractivity contribution in [1.82, 2.24) is 0 Å². The van der Waals surface area contributed by atoms with Gasteiger partial charge in [0.05, 0.1) is 0 Å². The summed E-state index contributed by atoms with van der Waals surface area (Å²) in [4.78, 5) is -2.11. The van der Waals surface area contributed by atoms with Crippen molar-refractivity contribution in [2.75, 3.05) is 0 Å². The van der Waals surface area contributed by atoms with E-state index in [0.717, 1.165) is 6.92 Å². The summed E-state index contributed by atoms with van der Waals surface area (Å²) in [6, 6.07) is 0.467. The van der Waals surface area contributed by atoms with Gasteiger partial charge in [-0.2, -0.15) is 16.8 Å². The van der Waals surface area contributed by atoms with Crippen LogP contribution in [0, 0.1) is 6.92 Å². The Bertz CT molecular complexity index is 670. The van der Waals surface area contributed by atoms with Gasteiger partial charge in [-0.3, -0.25) is 9.11 Å². The summed E-state index contributed by atoms with van der Waals surface area (Å²) in [5.41, 5.74) is -0.606. The van der Waals surface area contributed by atoms with Gasteiger partial charge in [-0.05, 0) is 12.5 Å². The number of hydrogen-bond donors (Lipinski definition) is 4. The second kappa shape index (κ2) is 3.84. The minimum atomic E-state index is -4.95. The first kappa shape index (κ1) is 13.7. The van der Waals surface area contributed by atoms with Crippen molar-refractivity contribution >= 4 is 20.2 Å². The minimum Gasteiger partial charge on any atom is -0.504 e. The van der Waals surface area contributed by atoms with E-state index in [4.69, 9.17) is 14.2 Å². The summed E-state index contributed by atoms with van der Waals surface area (Å²) in [6.45, 7) is 0.936. The molecule has 4 N–H and O–H groups in total. The number of hydrogen-bond acceptors (Lipinski definition) is 6. The Morgan fingerprint density at radius 1 is 1.00 bits per heavy atom. The average Bonchev–Trinajstić information content (AvgIpc) is 2.07. The Morgan fingerprint density at radius 2 is 1.47 bits per heavy atom. The van der Waals surface area contributed by atoms with Gasteiger partial charge in [0.2, 0.25) is 0 Å². The molecule has 0 fully saturated rings. The van der Waals surface area contributed by atoms with E-state index in [2.05, 4.69) is 0 Å². The number of rotatable bonds is 2. The van der Waals surface area contributed by atoms with E-state index in [1.54, 1.807) is 0 Å². The van der Waals surface area contributed by atoms with Crippen molar-refractivity contribution in [2.24, 2.45) is 0 Å². The van der Waals surface area contributed by atoms with Gasteiger partial charge < -0.3 is 10.2 Å². The highest BCUT2D eigenvalue weighted by atomic mass is 32.2. The summed E-state index contributed by atoms with van der Waals surface area (Å²) < 4.78 is 61.2. The molecule has 17 heavy (non-hydrogen) atoms. The predicted molar refractivity (Wildman–Crippen MR) is 54.1 cm³/mol. The summed E-state index contributed by atoms with van der Waals surface area (Å²) in [6.07, 6.45) is 0. The second-order valence-electron chi connectivity index (χ2n) is 3.15. The molecule has 8 nitrogen and oxygen atoms in total. The van der Waals surface area contributed by atoms with E-state index in [1.807, 2.05) is 0 Å². The van der Waals surface area contributed by atoms with Crippen LogP contribution in [0.1, 0.15) is 5.56 Å². The van der Waals surface area contributed by atoms with Gasteiger partial charge in [-0.1, -0.05) is 0 Å². The molecule has 0 amide bonds. The lowest BCUT2D eigenvalue weighted by molar-refractivity contribution is 0.385. The van der Waals surface area contributed by atoms with E-state index in [-0.39, 0.29) is 0 Å². The molecule has 0 aliphatic carbocycles. The monoisotopic (exact) mass is 284 g/mol. The molecule has 0 radical (unpaired) electrons. The minimum absolute atomic E-state index is 0.467. The molecule has 0 atom stereocenters. The van der Waals surface area contributed by atoms with Crippen LogP contribution in [0.4, 0.5) is 0 Å². The molecule has 0 unspecified atom stereocenters. The molecule has 0 heterocycles. The predicted octanol–water partition coefficient (Wildman–Crippen LogP) is -0.100. The first-order valence-electron chi connectivity index (χ1n) is 3.96. The normalized spacial score (nSPS) is 12.6. The van der Waals surface area contributed by atoms with Gasteiger partial charge in [0.15, 0.2) is 11.5 Å². The van der Waals surface area contributed by atoms with Crippen LogP contribution in [0.15, 0.2) is 15.9 Å². The van der Waals surface area contributed by atoms with Gasteiger partial charge in [-0.25, -0.2) is 0 Å². The van der Waals surface area contributed by atoms with E-state index >= 15 is 0 Å². The third kappa shape index (κ3) is 2.49. The first-order chi connectivity index (χ1) is 7.46. The lowest BCUT2D eigenvalue weighted by atomic mass is 10.2. The summed E-state index contributed by atoms with van der Waals surface area (Å²) in [7, 11) is -9.76. The van der Waals surface area contributed by atoms with Gasteiger partial charge in [0, 0.05) is 6.07 Å². The molecule has 0 bridgehead atoms. The van der Waals surface area contributed by atoms with Crippen LogP contribution in [0.5, 0.6) is 11.5 Å². The zero-order valence-corrected chi connectivity index (χ0v) is 9.95. The standard InChI is InChI=1S/C7H8O8S2/c1-3-5(16(10,11)12)2-4(8)6(9)7(3)17(13,14)15/h2,8-9H,1H3,(H,10,11,12)(H,13,14,15). The lowest BCUT2D eigenvalue weighted by Gasteiger charge is -2.10. The van der Waals surface area contributed by atoms with Gasteiger partial charge in [-0.15, -0.1) is 0 Å². The largest absolute Gasteiger partial charge is 0.504 e. The molecule has 0 aliphatic heterocycles. The Labute approximate surface area is 96.6 Å². The molecular weight excluding hydrogens is 276 g/mol. The topological polar surface area (TPSA) is 149 Å². The molecule has 0 saturated heterocycles. The van der Waals surface area contributed by atoms with E-state index < -0.39 is 47.1 Å². The maximum Gasteiger partial charge on any atom is 0.298 e. The van der Waals surface area contributed by atoms with Crippen molar-refractivity contribution in [3.8, 4) is 11.5 Å². The van der Waals surface area contributed by atoms with Crippen LogP contribution in [0.3, 0.4) is 0 Å². The molecule has 1 aromatic rings. The third-order valence-electron chi connectivity index (χ3n) is 1.97. The highest BCUT2D eigenvalue weighted by Gasteiger charge is 2.28. The number of benzene rings is 1. The SMILES string of the molecule is Cc1c(S(=O)(=O)O)cc(O)c(O)c1S(=O)(=O)O. The van der Waals surface area contributed by atoms with Crippen LogP contribution >= 0.6 is 0 Å². The quantitative estimate of drug-likeness (QED) is 0.434. The molecule has 10 heteroatoms. The molecule has 0 aliphatic rings. The summed E-state index contributed by atoms with van der Waals surface area (Å²) in [5, 5.41) is 18.4. The van der Waals surface area contributed by atoms with Crippen molar-refractivity contribution in [2.45, 2.75) is 16.7 Å². The number of phenolic OH excluding ortho intramolecular Hbond substituents is 2. The van der Waals surface area contributed by atoms with Crippen molar-refractivity contribution in [1.29, 1.82) is 0 Å². The van der Waals surface area contributed by atoms with Crippen molar-refractivity contribution in [3.63, 3.8) is 0 Å². The molecule has 96 valence electrons. The number of phenols is 2. The van der Waals surface area contributed by atoms with Crippen molar-refractivity contribution < 1.29 is 36.2 Å². The molecule has 0 spiro atoms. The zero-order valence-electron chi connectivity index (χ0n) is 8.32. The van der Waals surface area contributed by atoms with E-state index in [9.17, 15) is 21.9 Å². The Morgan fingerprint density at radius 3 is 1.82 bits per heavy atom. The highest BCUT2D eigenvalue weighted by molar-refractivity contribution is 7.86. The average molecular weight is 284 g/mol. The first-order valence-corrected chi connectivity index (χ1v) is 6.84. The van der Waals surface area contributed by atoms with Crippen LogP contribution < -0.4 is 0 Å². The van der Waals surface area contributed by atoms with E-state index in [0.29, 0.717) is 6.07 Å². The molecule has 0 saturated carbocycles. The summed E-state index contributed by atoms with van der Waals surface area (Å²) in [5.74, 6) is -2.30. The number of aromatic hydroxyl groups is 2. The second-order valence-corrected chi connectivity index (χ2v) is 5.90. The molecule has 1 aromatic carbocycles. The highest BCUT2D eigenvalue weighted by Crippen LogP contribution is 2.38. The maximum atomic E-state index is 10.9. The Hall–Kier alpha value is -1.36. The van der Waals surface area contributed by atoms with E-state index in [1.165, 1.54) is 0 Å². The third-order valence-corrected chi connectivity index (χ3v) is 3.97. The van der Waals surface area contributed by atoms with Crippen LogP contribution in [0.25, 0.3) is 0 Å². The van der Waals surface area contributed by atoms with Crippen LogP contribution in [-0.2, 0) is 20.2 Å². The van der Waals surface area contributed by atoms with Gasteiger partial charge in [0.1, 0.15) is 9.79 Å². The van der Waals surface area contributed by atoms with Crippen LogP contribution in [-0.4, -0.2) is 36.2 Å². The molecule has 0 aromatic heterocycles. The zero-order chi connectivity index (χ0) is 13.6. The lowest BCUT2D eigenvalue weighted by Crippen LogP contribution is -2.08. The summed E-state index contributed by atoms with van der Waals surface area (Å²) >= 11 is 0. The smallest absolute Gasteiger partial charge is 0.298 e. The van der Waals surface area contributed by atoms with Gasteiger partial charge in [0.25, 0.3) is 20.2 Å². The Kier molecular flexibility index (Phi) is 3.09. The fourth-order valence-corrected chi connectivity index (χ4v) is 2.95. The van der Waals surface area contributed by atoms with Crippen LogP contribution in [0.2, 0.25) is 0 Å².